The molecule has 0 atom stereocenters. The van der Waals surface area contributed by atoms with Crippen LogP contribution in [-0.2, 0) is 9.53 Å². The van der Waals surface area contributed by atoms with E-state index in [1.165, 1.54) is 0 Å². The number of nitriles is 1. The van der Waals surface area contributed by atoms with Gasteiger partial charge < -0.3 is 15.8 Å². The number of nitrogens with one attached hydrogen (secondary N) is 1. The average molecular weight is 279 g/mol. The summed E-state index contributed by atoms with van der Waals surface area (Å²) in [7, 11) is 0. The van der Waals surface area contributed by atoms with Crippen LogP contribution in [0.5, 0.6) is 0 Å². The smallest absolute Gasteiger partial charge is 0.243 e. The van der Waals surface area contributed by atoms with Gasteiger partial charge in [0, 0.05) is 11.4 Å². The van der Waals surface area contributed by atoms with Crippen LogP contribution in [0.25, 0.3) is 0 Å². The molecule has 3 N–H and O–H groups in total. The van der Waals surface area contributed by atoms with Crippen LogP contribution in [0, 0.1) is 11.3 Å². The summed E-state index contributed by atoms with van der Waals surface area (Å²) in [5.41, 5.74) is 6.38. The van der Waals surface area contributed by atoms with E-state index in [2.05, 4.69) is 11.4 Å². The van der Waals surface area contributed by atoms with Crippen LogP contribution in [0.4, 0.5) is 5.69 Å². The number of nitrogens with zero attached hydrogens (tertiary/aromatic N) is 1. The second-order valence-corrected chi connectivity index (χ2v) is 4.98. The van der Waals surface area contributed by atoms with Crippen molar-refractivity contribution in [3.63, 3.8) is 0 Å². The normalized spacial score (nSPS) is 9.89. The highest BCUT2D eigenvalue weighted by Gasteiger charge is 2.07. The average Bonchev–Trinajstić information content (AvgIpc) is 2.38. The SMILES string of the molecule is CCSc1cccc(NCCOCC(N)=O)c1C#N. The van der Waals surface area contributed by atoms with Crippen LogP contribution in [0.2, 0.25) is 0 Å². The summed E-state index contributed by atoms with van der Waals surface area (Å²) in [6, 6.07) is 7.90. The summed E-state index contributed by atoms with van der Waals surface area (Å²) < 4.78 is 5.04. The van der Waals surface area contributed by atoms with Crippen molar-refractivity contribution < 1.29 is 9.53 Å². The second-order valence-electron chi connectivity index (χ2n) is 3.67. The van der Waals surface area contributed by atoms with E-state index >= 15 is 0 Å². The van der Waals surface area contributed by atoms with Crippen molar-refractivity contribution in [2.45, 2.75) is 11.8 Å². The molecule has 0 radical (unpaired) electrons. The lowest BCUT2D eigenvalue weighted by atomic mass is 10.2. The minimum atomic E-state index is -0.487. The lowest BCUT2D eigenvalue weighted by molar-refractivity contribution is -0.122. The molecular formula is C13H17N3O2S. The van der Waals surface area contributed by atoms with Crippen LogP contribution in [0.1, 0.15) is 12.5 Å². The number of amides is 1. The number of benzene rings is 1. The van der Waals surface area contributed by atoms with Gasteiger partial charge in [-0.2, -0.15) is 5.26 Å². The zero-order valence-electron chi connectivity index (χ0n) is 10.8. The van der Waals surface area contributed by atoms with Crippen molar-refractivity contribution in [2.24, 2.45) is 5.73 Å². The Morgan fingerprint density at radius 2 is 2.37 bits per heavy atom. The van der Waals surface area contributed by atoms with Crippen molar-refractivity contribution in [3.8, 4) is 6.07 Å². The first-order chi connectivity index (χ1) is 9.19. The van der Waals surface area contributed by atoms with Crippen LogP contribution in [0.15, 0.2) is 23.1 Å². The molecule has 1 aromatic carbocycles. The van der Waals surface area contributed by atoms with E-state index in [9.17, 15) is 10.1 Å². The van der Waals surface area contributed by atoms with Gasteiger partial charge in [-0.15, -0.1) is 11.8 Å². The Balaban J connectivity index is 2.56. The molecule has 0 aliphatic heterocycles. The maximum absolute atomic E-state index is 10.5. The van der Waals surface area contributed by atoms with E-state index in [0.29, 0.717) is 18.7 Å². The molecule has 5 nitrogen and oxygen atoms in total. The fraction of sp³-hybridized carbons (Fsp3) is 0.385. The first kappa shape index (κ1) is 15.3. The number of hydrogen-bond donors (Lipinski definition) is 2. The molecule has 0 unspecified atom stereocenters. The van der Waals surface area contributed by atoms with Crippen LogP contribution in [0.3, 0.4) is 0 Å². The Morgan fingerprint density at radius 1 is 1.58 bits per heavy atom. The van der Waals surface area contributed by atoms with Gasteiger partial charge in [-0.3, -0.25) is 4.79 Å². The highest BCUT2D eigenvalue weighted by molar-refractivity contribution is 7.99. The number of hydrogen-bond acceptors (Lipinski definition) is 5. The first-order valence-corrected chi connectivity index (χ1v) is 6.93. The fourth-order valence-corrected chi connectivity index (χ4v) is 2.29. The van der Waals surface area contributed by atoms with Gasteiger partial charge >= 0.3 is 0 Å². The number of carbonyl (C=O) groups excluding carboxylic acids is 1. The van der Waals surface area contributed by atoms with Gasteiger partial charge in [0.2, 0.25) is 5.91 Å². The molecule has 6 heteroatoms. The Kier molecular flexibility index (Phi) is 6.79. The first-order valence-electron chi connectivity index (χ1n) is 5.94. The van der Waals surface area contributed by atoms with Crippen LogP contribution >= 0.6 is 11.8 Å². The van der Waals surface area contributed by atoms with Crippen molar-refractivity contribution in [2.75, 3.05) is 30.8 Å². The van der Waals surface area contributed by atoms with Gasteiger partial charge in [0.25, 0.3) is 0 Å². The zero-order valence-corrected chi connectivity index (χ0v) is 11.6. The topological polar surface area (TPSA) is 88.1 Å². The number of carbonyl (C=O) groups is 1. The van der Waals surface area contributed by atoms with Crippen molar-refractivity contribution in [1.29, 1.82) is 5.26 Å². The second kappa shape index (κ2) is 8.40. The molecule has 0 aliphatic carbocycles. The fourth-order valence-electron chi connectivity index (χ4n) is 1.50. The number of ether oxygens (including phenoxy) is 1. The van der Waals surface area contributed by atoms with E-state index in [-0.39, 0.29) is 6.61 Å². The minimum Gasteiger partial charge on any atom is -0.382 e. The molecule has 0 spiro atoms. The lowest BCUT2D eigenvalue weighted by Crippen LogP contribution is -2.20. The van der Waals surface area contributed by atoms with E-state index in [1.54, 1.807) is 11.8 Å². The molecule has 1 amide bonds. The van der Waals surface area contributed by atoms with E-state index < -0.39 is 5.91 Å². The Labute approximate surface area is 117 Å². The highest BCUT2D eigenvalue weighted by atomic mass is 32.2. The lowest BCUT2D eigenvalue weighted by Gasteiger charge is -2.11. The van der Waals surface area contributed by atoms with Gasteiger partial charge in [0.05, 0.1) is 17.9 Å². The quantitative estimate of drug-likeness (QED) is 0.557. The van der Waals surface area contributed by atoms with Gasteiger partial charge in [0.1, 0.15) is 12.7 Å². The standard InChI is InChI=1S/C13H17N3O2S/c1-2-19-12-5-3-4-11(10(12)8-14)16-6-7-18-9-13(15)17/h3-5,16H,2,6-7,9H2,1H3,(H2,15,17). The van der Waals surface area contributed by atoms with Gasteiger partial charge in [-0.25, -0.2) is 0 Å². The monoisotopic (exact) mass is 279 g/mol. The predicted octanol–water partition coefficient (Wildman–Crippen LogP) is 1.58. The third-order valence-corrected chi connectivity index (χ3v) is 3.18. The van der Waals surface area contributed by atoms with Gasteiger partial charge in [-0.1, -0.05) is 13.0 Å². The Morgan fingerprint density at radius 3 is 3.00 bits per heavy atom. The van der Waals surface area contributed by atoms with Crippen molar-refractivity contribution in [3.05, 3.63) is 23.8 Å². The molecule has 102 valence electrons. The maximum atomic E-state index is 10.5. The maximum Gasteiger partial charge on any atom is 0.243 e. The molecule has 0 aliphatic rings. The molecule has 0 bridgehead atoms. The third kappa shape index (κ3) is 5.20. The Bertz CT molecular complexity index is 471. The molecule has 1 aromatic rings. The molecule has 0 heterocycles. The van der Waals surface area contributed by atoms with E-state index in [4.69, 9.17) is 10.5 Å². The summed E-state index contributed by atoms with van der Waals surface area (Å²) in [5, 5.41) is 12.3. The largest absolute Gasteiger partial charge is 0.382 e. The minimum absolute atomic E-state index is 0.0848. The summed E-state index contributed by atoms with van der Waals surface area (Å²) in [4.78, 5) is 11.4. The molecule has 19 heavy (non-hydrogen) atoms. The van der Waals surface area contributed by atoms with E-state index in [0.717, 1.165) is 16.3 Å². The Hall–Kier alpha value is -1.71. The van der Waals surface area contributed by atoms with Gasteiger partial charge in [0.15, 0.2) is 0 Å². The molecule has 0 aromatic heterocycles. The van der Waals surface area contributed by atoms with Crippen LogP contribution in [-0.4, -0.2) is 31.4 Å². The number of anilines is 1. The summed E-state index contributed by atoms with van der Waals surface area (Å²) in [6.45, 7) is 2.84. The molecule has 0 fully saturated rings. The molecule has 1 rings (SSSR count). The summed E-state index contributed by atoms with van der Waals surface area (Å²) in [6.07, 6.45) is 0. The van der Waals surface area contributed by atoms with Crippen LogP contribution < -0.4 is 11.1 Å². The zero-order chi connectivity index (χ0) is 14.1. The van der Waals surface area contributed by atoms with Crippen molar-refractivity contribution >= 4 is 23.4 Å². The van der Waals surface area contributed by atoms with Crippen molar-refractivity contribution in [1.82, 2.24) is 0 Å². The number of primary amides is 1. The molecular weight excluding hydrogens is 262 g/mol. The predicted molar refractivity (Wildman–Crippen MR) is 76.1 cm³/mol. The van der Waals surface area contributed by atoms with Gasteiger partial charge in [-0.05, 0) is 17.9 Å². The molecule has 0 saturated carbocycles. The number of rotatable bonds is 8. The summed E-state index contributed by atoms with van der Waals surface area (Å²) >= 11 is 1.63. The summed E-state index contributed by atoms with van der Waals surface area (Å²) in [5.74, 6) is 0.430. The number of nitrogens with two attached hydrogens (primary N) is 1. The van der Waals surface area contributed by atoms with E-state index in [1.807, 2.05) is 25.1 Å². The number of thioether (sulfide) groups is 1. The highest BCUT2D eigenvalue weighted by Crippen LogP contribution is 2.27. The third-order valence-electron chi connectivity index (χ3n) is 2.24. The molecule has 0 saturated heterocycles.